The monoisotopic (exact) mass is 298 g/mol. The molecule has 0 saturated heterocycles. The van der Waals surface area contributed by atoms with Crippen molar-refractivity contribution in [3.63, 3.8) is 0 Å². The molecule has 0 aromatic heterocycles. The summed E-state index contributed by atoms with van der Waals surface area (Å²) in [5.74, 6) is -0.0285. The summed E-state index contributed by atoms with van der Waals surface area (Å²) >= 11 is 0. The second-order valence-electron chi connectivity index (χ2n) is 4.96. The van der Waals surface area contributed by atoms with Gasteiger partial charge in [-0.25, -0.2) is 0 Å². The fraction of sp³-hybridized carbons (Fsp3) is 0.316. The van der Waals surface area contributed by atoms with Crippen LogP contribution in [0.15, 0.2) is 42.5 Å². The second kappa shape index (κ2) is 8.88. The van der Waals surface area contributed by atoms with E-state index in [-0.39, 0.29) is 5.91 Å². The summed E-state index contributed by atoms with van der Waals surface area (Å²) in [6.45, 7) is 8.19. The third-order valence-corrected chi connectivity index (χ3v) is 3.32. The van der Waals surface area contributed by atoms with Crippen molar-refractivity contribution in [3.8, 4) is 0 Å². The SMILES string of the molecule is CC.CCc1ccc(NC(=O)Cc2cccc(N)c2)cc1C. The number of nitrogens with one attached hydrogen (secondary N) is 1. The largest absolute Gasteiger partial charge is 0.399 e. The van der Waals surface area contributed by atoms with Gasteiger partial charge in [0.15, 0.2) is 0 Å². The molecule has 0 aliphatic heterocycles. The third-order valence-electron chi connectivity index (χ3n) is 3.32. The highest BCUT2D eigenvalue weighted by atomic mass is 16.1. The van der Waals surface area contributed by atoms with E-state index < -0.39 is 0 Å². The molecule has 0 radical (unpaired) electrons. The van der Waals surface area contributed by atoms with Crippen LogP contribution in [0.1, 0.15) is 37.5 Å². The van der Waals surface area contributed by atoms with Gasteiger partial charge in [-0.1, -0.05) is 39.0 Å². The Kier molecular flexibility index (Phi) is 7.17. The second-order valence-corrected chi connectivity index (χ2v) is 4.96. The van der Waals surface area contributed by atoms with Crippen molar-refractivity contribution in [3.05, 3.63) is 59.2 Å². The maximum absolute atomic E-state index is 12.0. The summed E-state index contributed by atoms with van der Waals surface area (Å²) in [7, 11) is 0. The Morgan fingerprint density at radius 1 is 1.14 bits per heavy atom. The average Bonchev–Trinajstić information content (AvgIpc) is 2.49. The Morgan fingerprint density at radius 2 is 1.86 bits per heavy atom. The van der Waals surface area contributed by atoms with Crippen LogP contribution >= 0.6 is 0 Å². The summed E-state index contributed by atoms with van der Waals surface area (Å²) < 4.78 is 0. The van der Waals surface area contributed by atoms with Crippen molar-refractivity contribution in [2.45, 2.75) is 40.5 Å². The van der Waals surface area contributed by atoms with Gasteiger partial charge >= 0.3 is 0 Å². The first-order chi connectivity index (χ1) is 10.6. The summed E-state index contributed by atoms with van der Waals surface area (Å²) in [5.41, 5.74) is 10.7. The van der Waals surface area contributed by atoms with Crippen molar-refractivity contribution < 1.29 is 4.79 Å². The zero-order valence-electron chi connectivity index (χ0n) is 13.9. The number of amides is 1. The molecule has 118 valence electrons. The van der Waals surface area contributed by atoms with Crippen molar-refractivity contribution in [1.29, 1.82) is 0 Å². The molecule has 0 aliphatic carbocycles. The van der Waals surface area contributed by atoms with Gasteiger partial charge in [-0.2, -0.15) is 0 Å². The number of anilines is 2. The number of hydrogen-bond acceptors (Lipinski definition) is 2. The molecule has 0 saturated carbocycles. The number of carbonyl (C=O) groups excluding carboxylic acids is 1. The van der Waals surface area contributed by atoms with Gasteiger partial charge in [-0.3, -0.25) is 4.79 Å². The van der Waals surface area contributed by atoms with Crippen LogP contribution in [0.2, 0.25) is 0 Å². The lowest BCUT2D eigenvalue weighted by Gasteiger charge is -2.09. The molecule has 3 N–H and O–H groups in total. The van der Waals surface area contributed by atoms with Gasteiger partial charge in [0.05, 0.1) is 6.42 Å². The molecule has 2 rings (SSSR count). The van der Waals surface area contributed by atoms with Gasteiger partial charge in [0.25, 0.3) is 0 Å². The maximum atomic E-state index is 12.0. The normalized spacial score (nSPS) is 9.64. The Bertz CT molecular complexity index is 621. The van der Waals surface area contributed by atoms with Crippen LogP contribution in [0.5, 0.6) is 0 Å². The Balaban J connectivity index is 0.00000116. The minimum atomic E-state index is -0.0285. The first-order valence-electron chi connectivity index (χ1n) is 7.82. The molecule has 0 spiro atoms. The van der Waals surface area contributed by atoms with Crippen LogP contribution in [0, 0.1) is 6.92 Å². The van der Waals surface area contributed by atoms with E-state index in [1.807, 2.05) is 50.2 Å². The summed E-state index contributed by atoms with van der Waals surface area (Å²) in [6, 6.07) is 13.4. The number of hydrogen-bond donors (Lipinski definition) is 2. The fourth-order valence-electron chi connectivity index (χ4n) is 2.26. The van der Waals surface area contributed by atoms with Crippen molar-refractivity contribution in [2.75, 3.05) is 11.1 Å². The third kappa shape index (κ3) is 5.24. The Hall–Kier alpha value is -2.29. The predicted octanol–water partition coefficient (Wildman–Crippen LogP) is 4.35. The van der Waals surface area contributed by atoms with E-state index in [1.165, 1.54) is 11.1 Å². The fourth-order valence-corrected chi connectivity index (χ4v) is 2.26. The summed E-state index contributed by atoms with van der Waals surface area (Å²) in [6.07, 6.45) is 1.34. The van der Waals surface area contributed by atoms with Crippen LogP contribution in [0.4, 0.5) is 11.4 Å². The van der Waals surface area contributed by atoms with E-state index in [0.29, 0.717) is 12.1 Å². The topological polar surface area (TPSA) is 55.1 Å². The molecule has 0 atom stereocenters. The molecule has 1 amide bonds. The van der Waals surface area contributed by atoms with Crippen LogP contribution in [0.25, 0.3) is 0 Å². The summed E-state index contributed by atoms with van der Waals surface area (Å²) in [5, 5.41) is 2.92. The van der Waals surface area contributed by atoms with E-state index in [9.17, 15) is 4.79 Å². The van der Waals surface area contributed by atoms with Gasteiger partial charge in [0.2, 0.25) is 5.91 Å². The quantitative estimate of drug-likeness (QED) is 0.825. The molecule has 0 bridgehead atoms. The minimum Gasteiger partial charge on any atom is -0.399 e. The lowest BCUT2D eigenvalue weighted by Crippen LogP contribution is -2.14. The predicted molar refractivity (Wildman–Crippen MR) is 95.1 cm³/mol. The van der Waals surface area contributed by atoms with Crippen LogP contribution in [0.3, 0.4) is 0 Å². The molecule has 2 aromatic carbocycles. The van der Waals surface area contributed by atoms with E-state index >= 15 is 0 Å². The molecule has 0 fully saturated rings. The molecule has 0 heterocycles. The summed E-state index contributed by atoms with van der Waals surface area (Å²) in [4.78, 5) is 12.0. The maximum Gasteiger partial charge on any atom is 0.228 e. The van der Waals surface area contributed by atoms with E-state index in [2.05, 4.69) is 25.2 Å². The van der Waals surface area contributed by atoms with E-state index in [0.717, 1.165) is 17.7 Å². The van der Waals surface area contributed by atoms with Gasteiger partial charge in [0.1, 0.15) is 0 Å². The average molecular weight is 298 g/mol. The zero-order chi connectivity index (χ0) is 16.5. The number of rotatable bonds is 4. The number of nitrogen functional groups attached to an aromatic ring is 1. The molecule has 22 heavy (non-hydrogen) atoms. The van der Waals surface area contributed by atoms with Gasteiger partial charge in [-0.05, 0) is 54.3 Å². The molecule has 2 aromatic rings. The number of carbonyl (C=O) groups is 1. The Labute approximate surface area is 133 Å². The molecule has 0 aliphatic rings. The molecule has 3 nitrogen and oxygen atoms in total. The minimum absolute atomic E-state index is 0.0285. The first-order valence-corrected chi connectivity index (χ1v) is 7.82. The molecule has 3 heteroatoms. The lowest BCUT2D eigenvalue weighted by atomic mass is 10.1. The van der Waals surface area contributed by atoms with Crippen molar-refractivity contribution in [2.24, 2.45) is 0 Å². The van der Waals surface area contributed by atoms with Crippen molar-refractivity contribution >= 4 is 17.3 Å². The van der Waals surface area contributed by atoms with Crippen LogP contribution in [-0.4, -0.2) is 5.91 Å². The smallest absolute Gasteiger partial charge is 0.228 e. The van der Waals surface area contributed by atoms with Crippen molar-refractivity contribution in [1.82, 2.24) is 0 Å². The van der Waals surface area contributed by atoms with Gasteiger partial charge in [0, 0.05) is 11.4 Å². The highest BCUT2D eigenvalue weighted by molar-refractivity contribution is 5.92. The van der Waals surface area contributed by atoms with Gasteiger partial charge in [-0.15, -0.1) is 0 Å². The van der Waals surface area contributed by atoms with Crippen LogP contribution in [-0.2, 0) is 17.6 Å². The molecule has 0 unspecified atom stereocenters. The van der Waals surface area contributed by atoms with E-state index in [1.54, 1.807) is 0 Å². The van der Waals surface area contributed by atoms with Gasteiger partial charge < -0.3 is 11.1 Å². The highest BCUT2D eigenvalue weighted by Crippen LogP contribution is 2.16. The molecular formula is C19H26N2O. The standard InChI is InChI=1S/C17H20N2O.C2H6/c1-3-14-7-8-16(9-12(14)2)19-17(20)11-13-5-4-6-15(18)10-13;1-2/h4-10H,3,11,18H2,1-2H3,(H,19,20);1-2H3. The number of nitrogens with two attached hydrogens (primary N) is 1. The van der Waals surface area contributed by atoms with Crippen LogP contribution < -0.4 is 11.1 Å². The highest BCUT2D eigenvalue weighted by Gasteiger charge is 2.05. The zero-order valence-corrected chi connectivity index (χ0v) is 13.9. The Morgan fingerprint density at radius 3 is 2.45 bits per heavy atom. The number of benzene rings is 2. The first kappa shape index (κ1) is 17.8. The number of aryl methyl sites for hydroxylation is 2. The molecular weight excluding hydrogens is 272 g/mol. The van der Waals surface area contributed by atoms with E-state index in [4.69, 9.17) is 5.73 Å². The lowest BCUT2D eigenvalue weighted by molar-refractivity contribution is -0.115.